The zero-order chi connectivity index (χ0) is 20.0. The molecule has 0 saturated heterocycles. The summed E-state index contributed by atoms with van der Waals surface area (Å²) in [5.74, 6) is 0.616. The molecule has 0 aliphatic rings. The third kappa shape index (κ3) is 5.34. The Morgan fingerprint density at radius 1 is 1.11 bits per heavy atom. The van der Waals surface area contributed by atoms with E-state index < -0.39 is 10.0 Å². The van der Waals surface area contributed by atoms with Gasteiger partial charge in [0, 0.05) is 19.2 Å². The standard InChI is InChI=1S/C20H24N2O4S/c1-5-14-22(27(4,24)25)18-10-8-17(9-11-18)20(23)21(2)15-16-6-12-19(26-3)13-7-16/h5-13H,1,14-15H2,2-4H3. The molecule has 0 atom stereocenters. The molecule has 0 aromatic heterocycles. The van der Waals surface area contributed by atoms with Crippen molar-refractivity contribution in [3.8, 4) is 5.75 Å². The van der Waals surface area contributed by atoms with Gasteiger partial charge in [-0.2, -0.15) is 0 Å². The maximum absolute atomic E-state index is 12.6. The summed E-state index contributed by atoms with van der Waals surface area (Å²) in [5.41, 5.74) is 1.96. The van der Waals surface area contributed by atoms with Crippen molar-refractivity contribution in [2.24, 2.45) is 0 Å². The molecule has 27 heavy (non-hydrogen) atoms. The van der Waals surface area contributed by atoms with E-state index in [1.807, 2.05) is 24.3 Å². The molecule has 2 aromatic carbocycles. The SMILES string of the molecule is C=CCN(c1ccc(C(=O)N(C)Cc2ccc(OC)cc2)cc1)S(C)(=O)=O. The van der Waals surface area contributed by atoms with Gasteiger partial charge < -0.3 is 9.64 Å². The van der Waals surface area contributed by atoms with E-state index in [4.69, 9.17) is 4.74 Å². The molecule has 0 spiro atoms. The lowest BCUT2D eigenvalue weighted by molar-refractivity contribution is 0.0785. The van der Waals surface area contributed by atoms with E-state index in [1.165, 1.54) is 10.4 Å². The minimum absolute atomic E-state index is 0.146. The molecule has 0 fully saturated rings. The summed E-state index contributed by atoms with van der Waals surface area (Å²) in [6, 6.07) is 14.0. The van der Waals surface area contributed by atoms with Crippen molar-refractivity contribution < 1.29 is 17.9 Å². The van der Waals surface area contributed by atoms with Crippen LogP contribution in [0.4, 0.5) is 5.69 Å². The van der Waals surface area contributed by atoms with Crippen LogP contribution < -0.4 is 9.04 Å². The highest BCUT2D eigenvalue weighted by Crippen LogP contribution is 2.19. The summed E-state index contributed by atoms with van der Waals surface area (Å²) in [5, 5.41) is 0. The van der Waals surface area contributed by atoms with Gasteiger partial charge in [0.15, 0.2) is 0 Å². The number of hydrogen-bond donors (Lipinski definition) is 0. The number of benzene rings is 2. The Morgan fingerprint density at radius 3 is 2.19 bits per heavy atom. The van der Waals surface area contributed by atoms with E-state index >= 15 is 0 Å². The second-order valence-electron chi connectivity index (χ2n) is 6.14. The molecule has 144 valence electrons. The highest BCUT2D eigenvalue weighted by atomic mass is 32.2. The highest BCUT2D eigenvalue weighted by Gasteiger charge is 2.17. The van der Waals surface area contributed by atoms with Crippen LogP contribution in [-0.2, 0) is 16.6 Å². The number of anilines is 1. The summed E-state index contributed by atoms with van der Waals surface area (Å²) in [6.07, 6.45) is 2.65. The quantitative estimate of drug-likeness (QED) is 0.652. The normalized spacial score (nSPS) is 10.9. The van der Waals surface area contributed by atoms with Gasteiger partial charge in [0.05, 0.1) is 25.6 Å². The number of ether oxygens (including phenoxy) is 1. The van der Waals surface area contributed by atoms with Crippen LogP contribution in [0.15, 0.2) is 61.2 Å². The first kappa shape index (κ1) is 20.5. The van der Waals surface area contributed by atoms with Crippen molar-refractivity contribution in [3.05, 3.63) is 72.3 Å². The predicted octanol–water partition coefficient (Wildman–Crippen LogP) is 2.92. The molecule has 0 N–H and O–H groups in total. The monoisotopic (exact) mass is 388 g/mol. The highest BCUT2D eigenvalue weighted by molar-refractivity contribution is 7.92. The van der Waals surface area contributed by atoms with E-state index in [2.05, 4.69) is 6.58 Å². The Labute approximate surface area is 160 Å². The van der Waals surface area contributed by atoms with Crippen LogP contribution in [-0.4, -0.2) is 46.2 Å². The maximum atomic E-state index is 12.6. The molecule has 0 radical (unpaired) electrons. The zero-order valence-corrected chi connectivity index (χ0v) is 16.6. The number of sulfonamides is 1. The molecule has 0 heterocycles. The summed E-state index contributed by atoms with van der Waals surface area (Å²) in [4.78, 5) is 14.2. The third-order valence-corrected chi connectivity index (χ3v) is 5.18. The van der Waals surface area contributed by atoms with Gasteiger partial charge in [-0.3, -0.25) is 9.10 Å². The smallest absolute Gasteiger partial charge is 0.253 e. The van der Waals surface area contributed by atoms with Crippen molar-refractivity contribution in [1.29, 1.82) is 0 Å². The van der Waals surface area contributed by atoms with Gasteiger partial charge in [-0.25, -0.2) is 8.42 Å². The van der Waals surface area contributed by atoms with Crippen LogP contribution in [0.25, 0.3) is 0 Å². The fraction of sp³-hybridized carbons (Fsp3) is 0.250. The number of hydrogen-bond acceptors (Lipinski definition) is 4. The molecule has 6 nitrogen and oxygen atoms in total. The van der Waals surface area contributed by atoms with Crippen molar-refractivity contribution in [2.45, 2.75) is 6.54 Å². The number of carbonyl (C=O) groups is 1. The number of methoxy groups -OCH3 is 1. The Balaban J connectivity index is 2.12. The maximum Gasteiger partial charge on any atom is 0.253 e. The fourth-order valence-corrected chi connectivity index (χ4v) is 3.50. The molecule has 0 aliphatic carbocycles. The Morgan fingerprint density at radius 2 is 1.70 bits per heavy atom. The lowest BCUT2D eigenvalue weighted by atomic mass is 10.1. The second-order valence-corrected chi connectivity index (χ2v) is 8.05. The molecule has 0 aliphatic heterocycles. The predicted molar refractivity (Wildman–Crippen MR) is 108 cm³/mol. The summed E-state index contributed by atoms with van der Waals surface area (Å²) in [6.45, 7) is 4.21. The van der Waals surface area contributed by atoms with E-state index in [0.717, 1.165) is 17.6 Å². The second kappa shape index (κ2) is 8.73. The van der Waals surface area contributed by atoms with Crippen LogP contribution in [0.2, 0.25) is 0 Å². The molecule has 1 amide bonds. The number of rotatable bonds is 8. The third-order valence-electron chi connectivity index (χ3n) is 4.02. The molecule has 0 unspecified atom stereocenters. The van der Waals surface area contributed by atoms with Crippen molar-refractivity contribution in [1.82, 2.24) is 4.90 Å². The number of carbonyl (C=O) groups excluding carboxylic acids is 1. The molecule has 0 saturated carbocycles. The summed E-state index contributed by atoms with van der Waals surface area (Å²) < 4.78 is 30.1. The van der Waals surface area contributed by atoms with Crippen LogP contribution in [0.1, 0.15) is 15.9 Å². The summed E-state index contributed by atoms with van der Waals surface area (Å²) >= 11 is 0. The Kier molecular flexibility index (Phi) is 6.63. The molecule has 2 aromatic rings. The van der Waals surface area contributed by atoms with Crippen LogP contribution >= 0.6 is 0 Å². The Bertz CT molecular complexity index is 891. The first-order chi connectivity index (χ1) is 12.8. The lowest BCUT2D eigenvalue weighted by Gasteiger charge is -2.21. The molecular weight excluding hydrogens is 364 g/mol. The van der Waals surface area contributed by atoms with Crippen molar-refractivity contribution >= 4 is 21.6 Å². The minimum atomic E-state index is -3.42. The van der Waals surface area contributed by atoms with Gasteiger partial charge in [0.25, 0.3) is 5.91 Å². The minimum Gasteiger partial charge on any atom is -0.497 e. The summed E-state index contributed by atoms with van der Waals surface area (Å²) in [7, 11) is -0.0909. The van der Waals surface area contributed by atoms with Gasteiger partial charge in [0.2, 0.25) is 10.0 Å². The first-order valence-corrected chi connectivity index (χ1v) is 10.2. The van der Waals surface area contributed by atoms with E-state index in [1.54, 1.807) is 43.3 Å². The van der Waals surface area contributed by atoms with Crippen molar-refractivity contribution in [2.75, 3.05) is 31.3 Å². The van der Waals surface area contributed by atoms with Gasteiger partial charge >= 0.3 is 0 Å². The Hall–Kier alpha value is -2.80. The van der Waals surface area contributed by atoms with Crippen LogP contribution in [0.3, 0.4) is 0 Å². The molecule has 0 bridgehead atoms. The fourth-order valence-electron chi connectivity index (χ4n) is 2.62. The van der Waals surface area contributed by atoms with E-state index in [9.17, 15) is 13.2 Å². The molecule has 7 heteroatoms. The van der Waals surface area contributed by atoms with Crippen molar-refractivity contribution in [3.63, 3.8) is 0 Å². The topological polar surface area (TPSA) is 66.9 Å². The molecular formula is C20H24N2O4S. The number of amides is 1. The van der Waals surface area contributed by atoms with Crippen LogP contribution in [0, 0.1) is 0 Å². The van der Waals surface area contributed by atoms with Crippen LogP contribution in [0.5, 0.6) is 5.75 Å². The number of nitrogens with zero attached hydrogens (tertiary/aromatic N) is 2. The van der Waals surface area contributed by atoms with Gasteiger partial charge in [-0.15, -0.1) is 6.58 Å². The molecule has 2 rings (SSSR count). The van der Waals surface area contributed by atoms with Gasteiger partial charge in [-0.1, -0.05) is 18.2 Å². The first-order valence-electron chi connectivity index (χ1n) is 8.33. The average molecular weight is 388 g/mol. The lowest BCUT2D eigenvalue weighted by Crippen LogP contribution is -2.30. The van der Waals surface area contributed by atoms with E-state index in [-0.39, 0.29) is 12.5 Å². The van der Waals surface area contributed by atoms with Gasteiger partial charge in [0.1, 0.15) is 5.75 Å². The van der Waals surface area contributed by atoms with Gasteiger partial charge in [-0.05, 0) is 42.0 Å². The zero-order valence-electron chi connectivity index (χ0n) is 15.8. The van der Waals surface area contributed by atoms with E-state index in [0.29, 0.717) is 17.8 Å². The largest absolute Gasteiger partial charge is 0.497 e. The average Bonchev–Trinajstić information content (AvgIpc) is 2.65.